The number of nitrogens with one attached hydrogen (secondary N) is 1. The molecule has 1 aliphatic heterocycles. The van der Waals surface area contributed by atoms with Crippen LogP contribution in [0.25, 0.3) is 10.2 Å². The lowest BCUT2D eigenvalue weighted by atomic mass is 9.94. The Morgan fingerprint density at radius 3 is 2.83 bits per heavy atom. The van der Waals surface area contributed by atoms with Gasteiger partial charge < -0.3 is 14.8 Å². The van der Waals surface area contributed by atoms with E-state index in [2.05, 4.69) is 21.3 Å². The molecule has 1 N–H and O–H groups in total. The molecule has 3 aromatic heterocycles. The van der Waals surface area contributed by atoms with Crippen molar-refractivity contribution >= 4 is 44.7 Å². The van der Waals surface area contributed by atoms with Crippen molar-refractivity contribution in [1.82, 2.24) is 14.8 Å². The van der Waals surface area contributed by atoms with E-state index in [9.17, 15) is 9.59 Å². The molecule has 1 unspecified atom stereocenters. The summed E-state index contributed by atoms with van der Waals surface area (Å²) in [4.78, 5) is 31.1. The lowest BCUT2D eigenvalue weighted by Gasteiger charge is -2.44. The van der Waals surface area contributed by atoms with Gasteiger partial charge in [0.2, 0.25) is 5.91 Å². The lowest BCUT2D eigenvalue weighted by Crippen LogP contribution is -2.65. The van der Waals surface area contributed by atoms with E-state index in [1.54, 1.807) is 22.7 Å². The lowest BCUT2D eigenvalue weighted by molar-refractivity contribution is -0.133. The quantitative estimate of drug-likeness (QED) is 0.661. The summed E-state index contributed by atoms with van der Waals surface area (Å²) >= 11 is 3.33. The Kier molecular flexibility index (Phi) is 4.75. The minimum absolute atomic E-state index is 0.0204. The van der Waals surface area contributed by atoms with E-state index in [1.807, 2.05) is 35.4 Å². The molecule has 1 fully saturated rings. The van der Waals surface area contributed by atoms with Gasteiger partial charge in [-0.2, -0.15) is 0 Å². The topological polar surface area (TPSA) is 54.3 Å². The second-order valence-corrected chi connectivity index (χ2v) is 10.2. The van der Waals surface area contributed by atoms with Crippen LogP contribution in [-0.2, 0) is 17.8 Å². The Balaban J connectivity index is 1.50. The maximum absolute atomic E-state index is 13.5. The second-order valence-electron chi connectivity index (χ2n) is 8.31. The monoisotopic (exact) mass is 427 g/mol. The van der Waals surface area contributed by atoms with Crippen LogP contribution in [0, 0.1) is 0 Å². The van der Waals surface area contributed by atoms with Gasteiger partial charge in [-0.05, 0) is 55.1 Å². The van der Waals surface area contributed by atoms with Crippen molar-refractivity contribution in [3.63, 3.8) is 0 Å². The molecule has 2 amide bonds. The molecule has 0 bridgehead atoms. The van der Waals surface area contributed by atoms with Crippen LogP contribution in [0.2, 0.25) is 0 Å². The number of aromatic nitrogens is 1. The van der Waals surface area contributed by atoms with Crippen molar-refractivity contribution < 1.29 is 9.59 Å². The molecule has 7 heteroatoms. The second kappa shape index (κ2) is 7.29. The van der Waals surface area contributed by atoms with E-state index in [0.29, 0.717) is 18.8 Å². The van der Waals surface area contributed by atoms with Crippen molar-refractivity contribution in [2.75, 3.05) is 6.54 Å². The molecular formula is C22H25N3O2S2. The third-order valence-electron chi connectivity index (χ3n) is 6.37. The molecule has 29 heavy (non-hydrogen) atoms. The minimum atomic E-state index is -0.889. The fraction of sp³-hybridized carbons (Fsp3) is 0.455. The van der Waals surface area contributed by atoms with Crippen LogP contribution in [0.3, 0.4) is 0 Å². The molecule has 3 aromatic rings. The summed E-state index contributed by atoms with van der Waals surface area (Å²) in [5.41, 5.74) is -0.191. The largest absolute Gasteiger partial charge is 0.351 e. The Labute approximate surface area is 178 Å². The summed E-state index contributed by atoms with van der Waals surface area (Å²) in [5.74, 6) is -0.0618. The highest BCUT2D eigenvalue weighted by molar-refractivity contribution is 7.16. The van der Waals surface area contributed by atoms with Crippen molar-refractivity contribution in [2.24, 2.45) is 0 Å². The molecule has 0 spiro atoms. The number of thiophene rings is 2. The summed E-state index contributed by atoms with van der Waals surface area (Å²) in [6, 6.07) is 8.38. The van der Waals surface area contributed by atoms with E-state index < -0.39 is 5.54 Å². The number of hydrogen-bond donors (Lipinski definition) is 1. The first-order chi connectivity index (χ1) is 14.1. The van der Waals surface area contributed by atoms with Crippen molar-refractivity contribution in [3.05, 3.63) is 45.6 Å². The van der Waals surface area contributed by atoms with Gasteiger partial charge in [0.1, 0.15) is 16.1 Å². The average molecular weight is 428 g/mol. The summed E-state index contributed by atoms with van der Waals surface area (Å²) in [5, 5.41) is 8.44. The number of carbonyl (C=O) groups is 2. The molecule has 2 aliphatic rings. The first-order valence-corrected chi connectivity index (χ1v) is 12.0. The van der Waals surface area contributed by atoms with E-state index >= 15 is 0 Å². The Morgan fingerprint density at radius 2 is 2.07 bits per heavy atom. The van der Waals surface area contributed by atoms with Crippen molar-refractivity contribution in [2.45, 2.75) is 57.2 Å². The highest BCUT2D eigenvalue weighted by atomic mass is 32.1. The molecular weight excluding hydrogens is 402 g/mol. The van der Waals surface area contributed by atoms with Gasteiger partial charge in [-0.15, -0.1) is 22.7 Å². The van der Waals surface area contributed by atoms with Crippen LogP contribution < -0.4 is 5.32 Å². The molecule has 5 rings (SSSR count). The molecule has 0 aromatic carbocycles. The summed E-state index contributed by atoms with van der Waals surface area (Å²) in [6.07, 6.45) is 5.18. The predicted molar refractivity (Wildman–Crippen MR) is 118 cm³/mol. The summed E-state index contributed by atoms with van der Waals surface area (Å²) in [6.45, 7) is 2.99. The van der Waals surface area contributed by atoms with Crippen molar-refractivity contribution in [3.8, 4) is 0 Å². The maximum atomic E-state index is 13.5. The van der Waals surface area contributed by atoms with Gasteiger partial charge in [-0.25, -0.2) is 0 Å². The number of hydrogen-bond acceptors (Lipinski definition) is 4. The fourth-order valence-electron chi connectivity index (χ4n) is 4.70. The van der Waals surface area contributed by atoms with E-state index in [1.165, 1.54) is 17.7 Å². The zero-order chi connectivity index (χ0) is 20.0. The van der Waals surface area contributed by atoms with Gasteiger partial charge in [-0.1, -0.05) is 18.9 Å². The molecule has 5 nitrogen and oxygen atoms in total. The van der Waals surface area contributed by atoms with Gasteiger partial charge in [0, 0.05) is 22.8 Å². The normalized spacial score (nSPS) is 22.4. The van der Waals surface area contributed by atoms with Gasteiger partial charge in [0.25, 0.3) is 5.91 Å². The van der Waals surface area contributed by atoms with Gasteiger partial charge in [-0.3, -0.25) is 9.59 Å². The number of carbonyl (C=O) groups excluding carboxylic acids is 2. The zero-order valence-electron chi connectivity index (χ0n) is 16.5. The van der Waals surface area contributed by atoms with Crippen LogP contribution in [0.1, 0.15) is 48.0 Å². The number of rotatable bonds is 5. The maximum Gasteiger partial charge on any atom is 0.271 e. The fourth-order valence-corrected chi connectivity index (χ4v) is 6.29. The Hall–Kier alpha value is -2.12. The predicted octanol–water partition coefficient (Wildman–Crippen LogP) is 4.28. The highest BCUT2D eigenvalue weighted by Crippen LogP contribution is 2.35. The molecule has 1 saturated carbocycles. The Morgan fingerprint density at radius 1 is 1.24 bits per heavy atom. The SMILES string of the molecule is CC1(C(=O)NC2CCCC2)Cn2c(cc3ccsc32)C(=O)N1CCc1cccs1. The van der Waals surface area contributed by atoms with E-state index in [-0.39, 0.29) is 17.9 Å². The third kappa shape index (κ3) is 3.20. The van der Waals surface area contributed by atoms with Gasteiger partial charge in [0.05, 0.1) is 6.54 Å². The zero-order valence-corrected chi connectivity index (χ0v) is 18.2. The van der Waals surface area contributed by atoms with Crippen LogP contribution in [-0.4, -0.2) is 39.4 Å². The average Bonchev–Trinajstić information content (AvgIpc) is 3.48. The molecule has 0 saturated heterocycles. The first-order valence-electron chi connectivity index (χ1n) is 10.3. The minimum Gasteiger partial charge on any atom is -0.351 e. The van der Waals surface area contributed by atoms with Crippen LogP contribution in [0.4, 0.5) is 0 Å². The molecule has 1 aliphatic carbocycles. The molecule has 0 radical (unpaired) electrons. The van der Waals surface area contributed by atoms with E-state index in [0.717, 1.165) is 29.5 Å². The van der Waals surface area contributed by atoms with Crippen LogP contribution in [0.15, 0.2) is 35.0 Å². The summed E-state index contributed by atoms with van der Waals surface area (Å²) in [7, 11) is 0. The number of nitrogens with zero attached hydrogens (tertiary/aromatic N) is 2. The third-order valence-corrected chi connectivity index (χ3v) is 8.26. The molecule has 4 heterocycles. The first kappa shape index (κ1) is 18.9. The van der Waals surface area contributed by atoms with Crippen LogP contribution >= 0.6 is 22.7 Å². The molecule has 152 valence electrons. The Bertz CT molecular complexity index is 1050. The highest BCUT2D eigenvalue weighted by Gasteiger charge is 2.48. The van der Waals surface area contributed by atoms with E-state index in [4.69, 9.17) is 0 Å². The standard InChI is InChI=1S/C22H25N3O2S2/c1-22(21(27)23-16-5-2-3-6-16)14-24-18(13-15-9-12-29-20(15)24)19(26)25(22)10-8-17-7-4-11-28-17/h4,7,9,11-13,16H,2-3,5-6,8,10,14H2,1H3,(H,23,27). The van der Waals surface area contributed by atoms with Crippen LogP contribution in [0.5, 0.6) is 0 Å². The smallest absolute Gasteiger partial charge is 0.271 e. The number of fused-ring (bicyclic) bond motifs is 3. The van der Waals surface area contributed by atoms with Crippen molar-refractivity contribution in [1.29, 1.82) is 0 Å². The van der Waals surface area contributed by atoms with Gasteiger partial charge >= 0.3 is 0 Å². The molecule has 1 atom stereocenters. The number of amides is 2. The van der Waals surface area contributed by atoms with Gasteiger partial charge in [0.15, 0.2) is 0 Å². The summed E-state index contributed by atoms with van der Waals surface area (Å²) < 4.78 is 2.05.